The molecule has 2 aromatic rings. The molecule has 5 nitrogen and oxygen atoms in total. The van der Waals surface area contributed by atoms with E-state index >= 15 is 0 Å². The lowest BCUT2D eigenvalue weighted by Crippen LogP contribution is -2.29. The van der Waals surface area contributed by atoms with Gasteiger partial charge in [0.15, 0.2) is 5.13 Å². The Bertz CT molecular complexity index is 725. The van der Waals surface area contributed by atoms with Crippen LogP contribution in [0.5, 0.6) is 5.75 Å². The van der Waals surface area contributed by atoms with Crippen LogP contribution >= 0.6 is 11.3 Å². The fourth-order valence-corrected chi connectivity index (χ4v) is 4.06. The van der Waals surface area contributed by atoms with E-state index in [1.165, 1.54) is 30.6 Å². The normalized spacial score (nSPS) is 20.4. The minimum atomic E-state index is -0.254. The molecule has 4 rings (SSSR count). The van der Waals surface area contributed by atoms with Crippen molar-refractivity contribution in [3.8, 4) is 5.75 Å². The lowest BCUT2D eigenvalue weighted by Gasteiger charge is -2.25. The maximum atomic E-state index is 12.5. The number of anilines is 1. The topological polar surface area (TPSA) is 54.5 Å². The first-order valence-corrected chi connectivity index (χ1v) is 9.37. The van der Waals surface area contributed by atoms with Gasteiger partial charge in [0.1, 0.15) is 18.3 Å². The van der Waals surface area contributed by atoms with Crippen molar-refractivity contribution in [2.24, 2.45) is 0 Å². The maximum absolute atomic E-state index is 12.5. The number of carbonyl (C=O) groups is 1. The van der Waals surface area contributed by atoms with Crippen LogP contribution in [-0.4, -0.2) is 35.5 Å². The Kier molecular flexibility index (Phi) is 4.49. The van der Waals surface area contributed by atoms with Gasteiger partial charge in [0.2, 0.25) is 5.91 Å². The third kappa shape index (κ3) is 3.30. The van der Waals surface area contributed by atoms with Crippen molar-refractivity contribution in [2.45, 2.75) is 31.7 Å². The van der Waals surface area contributed by atoms with Crippen LogP contribution in [0.3, 0.4) is 0 Å². The van der Waals surface area contributed by atoms with E-state index in [9.17, 15) is 4.79 Å². The zero-order valence-electron chi connectivity index (χ0n) is 13.5. The highest BCUT2D eigenvalue weighted by Gasteiger charge is 2.30. The monoisotopic (exact) mass is 343 g/mol. The van der Waals surface area contributed by atoms with E-state index in [-0.39, 0.29) is 11.8 Å². The molecule has 0 aliphatic carbocycles. The van der Waals surface area contributed by atoms with Crippen molar-refractivity contribution in [3.63, 3.8) is 0 Å². The van der Waals surface area contributed by atoms with Gasteiger partial charge < -0.3 is 10.1 Å². The molecular weight excluding hydrogens is 322 g/mol. The van der Waals surface area contributed by atoms with Gasteiger partial charge in [-0.15, -0.1) is 11.3 Å². The van der Waals surface area contributed by atoms with E-state index in [4.69, 9.17) is 4.74 Å². The van der Waals surface area contributed by atoms with Gasteiger partial charge in [-0.25, -0.2) is 4.98 Å². The summed E-state index contributed by atoms with van der Waals surface area (Å²) in [6.07, 6.45) is 3.88. The number of nitrogens with one attached hydrogen (secondary N) is 1. The molecule has 2 aliphatic rings. The Morgan fingerprint density at radius 1 is 1.29 bits per heavy atom. The molecule has 2 aliphatic heterocycles. The predicted molar refractivity (Wildman–Crippen MR) is 94.5 cm³/mol. The Morgan fingerprint density at radius 2 is 2.12 bits per heavy atom. The van der Waals surface area contributed by atoms with Gasteiger partial charge in [-0.05, 0) is 32.0 Å². The summed E-state index contributed by atoms with van der Waals surface area (Å²) < 4.78 is 5.59. The van der Waals surface area contributed by atoms with Gasteiger partial charge in [0.05, 0.1) is 5.69 Å². The summed E-state index contributed by atoms with van der Waals surface area (Å²) in [5.74, 6) is 0.511. The molecule has 126 valence electrons. The molecule has 0 saturated carbocycles. The SMILES string of the molecule is O=C(Nc1nc(CN2CCCCC2)cs1)C1COc2ccccc21. The third-order valence-electron chi connectivity index (χ3n) is 4.63. The zero-order chi connectivity index (χ0) is 16.4. The van der Waals surface area contributed by atoms with Crippen molar-refractivity contribution in [1.82, 2.24) is 9.88 Å². The number of thiazole rings is 1. The lowest BCUT2D eigenvalue weighted by atomic mass is 10.0. The van der Waals surface area contributed by atoms with Crippen molar-refractivity contribution < 1.29 is 9.53 Å². The molecule has 1 atom stereocenters. The predicted octanol–water partition coefficient (Wildman–Crippen LogP) is 3.24. The minimum absolute atomic E-state index is 0.0428. The zero-order valence-corrected chi connectivity index (χ0v) is 14.3. The quantitative estimate of drug-likeness (QED) is 0.926. The van der Waals surface area contributed by atoms with Gasteiger partial charge in [-0.3, -0.25) is 9.69 Å². The smallest absolute Gasteiger partial charge is 0.237 e. The van der Waals surface area contributed by atoms with Gasteiger partial charge >= 0.3 is 0 Å². The first-order chi connectivity index (χ1) is 11.8. The molecule has 1 aromatic heterocycles. The Morgan fingerprint density at radius 3 is 3.00 bits per heavy atom. The number of ether oxygens (including phenoxy) is 1. The van der Waals surface area contributed by atoms with Gasteiger partial charge in [0, 0.05) is 17.5 Å². The fourth-order valence-electron chi connectivity index (χ4n) is 3.36. The van der Waals surface area contributed by atoms with Gasteiger partial charge in [-0.2, -0.15) is 0 Å². The number of nitrogens with zero attached hydrogens (tertiary/aromatic N) is 2. The fraction of sp³-hybridized carbons (Fsp3) is 0.444. The van der Waals surface area contributed by atoms with Crippen LogP contribution in [0.1, 0.15) is 36.4 Å². The van der Waals surface area contributed by atoms with Crippen LogP contribution in [0.25, 0.3) is 0 Å². The molecule has 1 amide bonds. The molecule has 1 fully saturated rings. The summed E-state index contributed by atoms with van der Waals surface area (Å²) in [6.45, 7) is 3.57. The number of aromatic nitrogens is 1. The molecule has 3 heterocycles. The number of piperidine rings is 1. The summed E-state index contributed by atoms with van der Waals surface area (Å²) >= 11 is 1.50. The first-order valence-electron chi connectivity index (χ1n) is 8.49. The number of benzene rings is 1. The van der Waals surface area contributed by atoms with Crippen molar-refractivity contribution >= 4 is 22.4 Å². The molecule has 6 heteroatoms. The number of para-hydroxylation sites is 1. The lowest BCUT2D eigenvalue weighted by molar-refractivity contribution is -0.117. The average molecular weight is 343 g/mol. The van der Waals surface area contributed by atoms with E-state index in [2.05, 4.69) is 15.2 Å². The van der Waals surface area contributed by atoms with E-state index in [1.54, 1.807) is 0 Å². The van der Waals surface area contributed by atoms with Crippen molar-refractivity contribution in [1.29, 1.82) is 0 Å². The molecule has 1 aromatic carbocycles. The highest BCUT2D eigenvalue weighted by molar-refractivity contribution is 7.13. The maximum Gasteiger partial charge on any atom is 0.237 e. The Labute approximate surface area is 145 Å². The first kappa shape index (κ1) is 15.6. The number of hydrogen-bond acceptors (Lipinski definition) is 5. The van der Waals surface area contributed by atoms with E-state index < -0.39 is 0 Å². The van der Waals surface area contributed by atoms with Crippen molar-refractivity contribution in [2.75, 3.05) is 25.0 Å². The number of fused-ring (bicyclic) bond motifs is 1. The second kappa shape index (κ2) is 6.91. The van der Waals surface area contributed by atoms with E-state index in [0.29, 0.717) is 11.7 Å². The second-order valence-corrected chi connectivity index (χ2v) is 7.23. The van der Waals surface area contributed by atoms with Gasteiger partial charge in [-0.1, -0.05) is 24.6 Å². The number of amides is 1. The Hall–Kier alpha value is -1.92. The number of hydrogen-bond donors (Lipinski definition) is 1. The summed E-state index contributed by atoms with van der Waals surface area (Å²) in [7, 11) is 0. The minimum Gasteiger partial charge on any atom is -0.492 e. The number of carbonyl (C=O) groups excluding carboxylic acids is 1. The molecule has 0 bridgehead atoms. The highest BCUT2D eigenvalue weighted by atomic mass is 32.1. The molecule has 0 radical (unpaired) electrons. The summed E-state index contributed by atoms with van der Waals surface area (Å²) in [4.78, 5) is 19.6. The molecule has 24 heavy (non-hydrogen) atoms. The highest BCUT2D eigenvalue weighted by Crippen LogP contribution is 2.34. The van der Waals surface area contributed by atoms with Crippen LogP contribution in [0.15, 0.2) is 29.6 Å². The van der Waals surface area contributed by atoms with Crippen LogP contribution < -0.4 is 10.1 Å². The standard InChI is InChI=1S/C18H21N3O2S/c22-17(15-11-23-16-7-3-2-6-14(15)16)20-18-19-13(12-24-18)10-21-8-4-1-5-9-21/h2-3,6-7,12,15H,1,4-5,8-11H2,(H,19,20,22). The molecule has 1 N–H and O–H groups in total. The van der Waals surface area contributed by atoms with Crippen LogP contribution in [0, 0.1) is 0 Å². The third-order valence-corrected chi connectivity index (χ3v) is 5.44. The second-order valence-electron chi connectivity index (χ2n) is 6.37. The largest absolute Gasteiger partial charge is 0.492 e. The van der Waals surface area contributed by atoms with Crippen molar-refractivity contribution in [3.05, 3.63) is 40.9 Å². The molecular formula is C18H21N3O2S. The van der Waals surface area contributed by atoms with Gasteiger partial charge in [0.25, 0.3) is 0 Å². The summed E-state index contributed by atoms with van der Waals surface area (Å²) in [6, 6.07) is 7.72. The Balaban J connectivity index is 1.38. The summed E-state index contributed by atoms with van der Waals surface area (Å²) in [5, 5.41) is 5.67. The average Bonchev–Trinajstić information content (AvgIpc) is 3.22. The summed E-state index contributed by atoms with van der Waals surface area (Å²) in [5.41, 5.74) is 2.00. The molecule has 0 spiro atoms. The molecule has 1 saturated heterocycles. The van der Waals surface area contributed by atoms with Crippen LogP contribution in [0.4, 0.5) is 5.13 Å². The number of likely N-dealkylation sites (tertiary alicyclic amines) is 1. The van der Waals surface area contributed by atoms with E-state index in [0.717, 1.165) is 36.6 Å². The van der Waals surface area contributed by atoms with E-state index in [1.807, 2.05) is 29.6 Å². The number of rotatable bonds is 4. The van der Waals surface area contributed by atoms with Crippen LogP contribution in [-0.2, 0) is 11.3 Å². The molecule has 1 unspecified atom stereocenters. The van der Waals surface area contributed by atoms with Crippen LogP contribution in [0.2, 0.25) is 0 Å².